The van der Waals surface area contributed by atoms with E-state index in [4.69, 9.17) is 14.2 Å². The van der Waals surface area contributed by atoms with Crippen molar-refractivity contribution >= 4 is 23.6 Å². The van der Waals surface area contributed by atoms with Crippen LogP contribution in [0.3, 0.4) is 0 Å². The van der Waals surface area contributed by atoms with Crippen molar-refractivity contribution < 1.29 is 33.8 Å². The molecule has 0 aromatic carbocycles. The highest BCUT2D eigenvalue weighted by Gasteiger charge is 2.72. The smallest absolute Gasteiger partial charge is 0.303 e. The molecule has 4 aliphatic rings. The van der Waals surface area contributed by atoms with E-state index in [1.54, 1.807) is 0 Å². The summed E-state index contributed by atoms with van der Waals surface area (Å²) in [5.41, 5.74) is -0.161. The summed E-state index contributed by atoms with van der Waals surface area (Å²) in [4.78, 5) is 35.9. The number of hydrogen-bond donors (Lipinski definition) is 1. The van der Waals surface area contributed by atoms with Gasteiger partial charge in [0.15, 0.2) is 0 Å². The Balaban J connectivity index is 1.78. The maximum absolute atomic E-state index is 12.3. The Bertz CT molecular complexity index is 932. The molecule has 0 aliphatic heterocycles. The summed E-state index contributed by atoms with van der Waals surface area (Å²) in [5.74, 6) is -0.496. The Morgan fingerprint density at radius 2 is 1.49 bits per heavy atom. The van der Waals surface area contributed by atoms with Crippen molar-refractivity contribution in [2.75, 3.05) is 0 Å². The molecule has 35 heavy (non-hydrogen) atoms. The zero-order valence-electron chi connectivity index (χ0n) is 22.1. The average Bonchev–Trinajstić information content (AvgIpc) is 3.00. The van der Waals surface area contributed by atoms with E-state index >= 15 is 0 Å². The number of rotatable bonds is 3. The Kier molecular flexibility index (Phi) is 6.50. The van der Waals surface area contributed by atoms with Gasteiger partial charge in [-0.3, -0.25) is 14.4 Å². The summed E-state index contributed by atoms with van der Waals surface area (Å²) in [7, 11) is 0. The lowest BCUT2D eigenvalue weighted by molar-refractivity contribution is -0.241. The quantitative estimate of drug-likeness (QED) is 0.268. The van der Waals surface area contributed by atoms with Crippen molar-refractivity contribution in [3.63, 3.8) is 0 Å². The molecule has 196 valence electrons. The summed E-state index contributed by atoms with van der Waals surface area (Å²) < 4.78 is 17.4. The third-order valence-electron chi connectivity index (χ3n) is 10.7. The third kappa shape index (κ3) is 3.86. The number of carbonyl (C=O) groups is 3. The highest BCUT2D eigenvalue weighted by atomic mass is 16.6. The van der Waals surface area contributed by atoms with E-state index in [1.807, 2.05) is 0 Å². The van der Waals surface area contributed by atoms with Crippen LogP contribution >= 0.6 is 0 Å². The number of fused-ring (bicyclic) bond motifs is 5. The van der Waals surface area contributed by atoms with Crippen molar-refractivity contribution in [1.82, 2.24) is 0 Å². The lowest BCUT2D eigenvalue weighted by Crippen LogP contribution is -2.66. The predicted molar refractivity (Wildman–Crippen MR) is 128 cm³/mol. The minimum absolute atomic E-state index is 0.0793. The molecular weight excluding hydrogens is 450 g/mol. The molecule has 0 amide bonds. The fourth-order valence-corrected chi connectivity index (χ4v) is 9.26. The molecule has 10 atom stereocenters. The molecule has 0 unspecified atom stereocenters. The van der Waals surface area contributed by atoms with E-state index in [0.717, 1.165) is 25.7 Å². The maximum Gasteiger partial charge on any atom is 0.303 e. The van der Waals surface area contributed by atoms with Crippen LogP contribution in [0.5, 0.6) is 0 Å². The second-order valence-electron chi connectivity index (χ2n) is 12.3. The molecular formula is C27H41NO7. The zero-order valence-corrected chi connectivity index (χ0v) is 22.1. The van der Waals surface area contributed by atoms with Crippen LogP contribution in [0, 0.1) is 39.9 Å². The van der Waals surface area contributed by atoms with E-state index in [-0.39, 0.29) is 58.1 Å². The Labute approximate surface area is 208 Å². The van der Waals surface area contributed by atoms with Crippen molar-refractivity contribution in [2.24, 2.45) is 45.1 Å². The van der Waals surface area contributed by atoms with Crippen LogP contribution in [0.25, 0.3) is 0 Å². The Morgan fingerprint density at radius 3 is 2.06 bits per heavy atom. The van der Waals surface area contributed by atoms with Gasteiger partial charge in [0.1, 0.15) is 24.0 Å². The molecule has 8 nitrogen and oxygen atoms in total. The number of nitrogens with zero attached hydrogens (tertiary/aromatic N) is 1. The fraction of sp³-hybridized carbons (Fsp3) is 0.852. The lowest BCUT2D eigenvalue weighted by Gasteiger charge is -2.69. The number of carbonyl (C=O) groups excluding carboxylic acids is 3. The molecule has 4 rings (SSSR count). The Hall–Kier alpha value is -2.12. The van der Waals surface area contributed by atoms with E-state index in [2.05, 4.69) is 32.9 Å². The van der Waals surface area contributed by atoms with Gasteiger partial charge in [-0.15, -0.1) is 0 Å². The Morgan fingerprint density at radius 1 is 0.886 bits per heavy atom. The highest BCUT2D eigenvalue weighted by molar-refractivity contribution is 5.95. The average molecular weight is 492 g/mol. The molecule has 1 N–H and O–H groups in total. The van der Waals surface area contributed by atoms with Crippen LogP contribution in [0.4, 0.5) is 0 Å². The third-order valence-corrected chi connectivity index (χ3v) is 10.7. The van der Waals surface area contributed by atoms with Crippen LogP contribution in [0.15, 0.2) is 5.16 Å². The van der Waals surface area contributed by atoms with Gasteiger partial charge in [0.25, 0.3) is 0 Å². The molecule has 4 aliphatic carbocycles. The van der Waals surface area contributed by atoms with Crippen LogP contribution in [0.2, 0.25) is 0 Å². The maximum atomic E-state index is 12.3. The van der Waals surface area contributed by atoms with Gasteiger partial charge >= 0.3 is 17.9 Å². The lowest BCUT2D eigenvalue weighted by atomic mass is 9.36. The first-order valence-corrected chi connectivity index (χ1v) is 13.0. The first-order valence-electron chi connectivity index (χ1n) is 13.0. The molecule has 0 aromatic heterocycles. The van der Waals surface area contributed by atoms with Crippen LogP contribution in [-0.4, -0.2) is 47.1 Å². The molecule has 0 radical (unpaired) electrons. The van der Waals surface area contributed by atoms with Crippen LogP contribution in [-0.2, 0) is 28.6 Å². The number of ether oxygens (including phenoxy) is 3. The molecule has 0 spiro atoms. The molecule has 0 saturated heterocycles. The van der Waals surface area contributed by atoms with Gasteiger partial charge in [0, 0.05) is 32.6 Å². The normalized spacial score (nSPS) is 47.7. The molecule has 4 fully saturated rings. The second-order valence-corrected chi connectivity index (χ2v) is 12.3. The van der Waals surface area contributed by atoms with Gasteiger partial charge in [-0.25, -0.2) is 0 Å². The van der Waals surface area contributed by atoms with Gasteiger partial charge in [0.05, 0.1) is 0 Å². The van der Waals surface area contributed by atoms with E-state index < -0.39 is 12.1 Å². The van der Waals surface area contributed by atoms with Gasteiger partial charge in [-0.2, -0.15) is 0 Å². The largest absolute Gasteiger partial charge is 0.462 e. The van der Waals surface area contributed by atoms with E-state index in [1.165, 1.54) is 20.8 Å². The van der Waals surface area contributed by atoms with Gasteiger partial charge in [0.2, 0.25) is 0 Å². The van der Waals surface area contributed by atoms with Crippen molar-refractivity contribution in [3.05, 3.63) is 0 Å². The topological polar surface area (TPSA) is 111 Å². The first kappa shape index (κ1) is 26.0. The first-order chi connectivity index (χ1) is 16.3. The van der Waals surface area contributed by atoms with E-state index in [0.29, 0.717) is 24.5 Å². The summed E-state index contributed by atoms with van der Waals surface area (Å²) >= 11 is 0. The summed E-state index contributed by atoms with van der Waals surface area (Å²) in [5, 5.41) is 13.6. The van der Waals surface area contributed by atoms with Gasteiger partial charge in [-0.1, -0.05) is 32.9 Å². The van der Waals surface area contributed by atoms with Crippen LogP contribution < -0.4 is 0 Å². The summed E-state index contributed by atoms with van der Waals surface area (Å²) in [6, 6.07) is 0. The summed E-state index contributed by atoms with van der Waals surface area (Å²) in [6.07, 6.45) is 3.66. The number of hydrogen-bond acceptors (Lipinski definition) is 8. The van der Waals surface area contributed by atoms with E-state index in [9.17, 15) is 19.6 Å². The van der Waals surface area contributed by atoms with Gasteiger partial charge < -0.3 is 19.4 Å². The van der Waals surface area contributed by atoms with Crippen molar-refractivity contribution in [2.45, 2.75) is 105 Å². The zero-order chi connectivity index (χ0) is 25.9. The molecule has 0 heterocycles. The van der Waals surface area contributed by atoms with Crippen molar-refractivity contribution in [1.29, 1.82) is 0 Å². The monoisotopic (exact) mass is 491 g/mol. The van der Waals surface area contributed by atoms with Crippen LogP contribution in [0.1, 0.15) is 87.0 Å². The minimum Gasteiger partial charge on any atom is -0.462 e. The standard InChI is InChI=1S/C27H41NO7/c1-14-18-8-11-26(6)24(25(18,5)10-9-20(14)33-15(2)29)21(34-16(3)30)12-19-23(28-32)22(35-17(4)31)13-27(19,26)7/h14,18-22,24,32H,8-13H2,1-7H3/b28-23+/t14-,18-,19-,20+,21+,22-,24-,25-,26-,27-/m0/s1. The highest BCUT2D eigenvalue weighted by Crippen LogP contribution is 2.73. The second kappa shape index (κ2) is 8.77. The summed E-state index contributed by atoms with van der Waals surface area (Å²) in [6.45, 7) is 13.4. The number of esters is 3. The molecule has 8 heteroatoms. The van der Waals surface area contributed by atoms with Gasteiger partial charge in [-0.05, 0) is 66.6 Å². The predicted octanol–water partition coefficient (Wildman–Crippen LogP) is 4.51. The molecule has 0 aromatic rings. The SMILES string of the molecule is CC(=O)O[C@H]1C[C@@]2(C)[C@@H](C[C@@H](OC(C)=O)[C@H]3[C@@]4(C)CC[C@@H](OC(C)=O)[C@@H](C)[C@@H]4CC[C@@]32C)/C1=N\O. The fourth-order valence-electron chi connectivity index (χ4n) is 9.26. The minimum atomic E-state index is -0.579. The van der Waals surface area contributed by atoms with Crippen molar-refractivity contribution in [3.8, 4) is 0 Å². The number of oxime groups is 1. The molecule has 0 bridgehead atoms. The molecule has 4 saturated carbocycles.